The number of carbonyl (C=O) groups is 3. The number of benzene rings is 1. The van der Waals surface area contributed by atoms with Gasteiger partial charge in [0.2, 0.25) is 5.91 Å². The van der Waals surface area contributed by atoms with Gasteiger partial charge in [-0.15, -0.1) is 0 Å². The standard InChI is InChI=1S/C12H13N3O3/c1-14-10(16)6-5-8-3-2-4-9(7-8)11(17)12(18)15-13/h2-7H,13H2,1H3,(H,14,16)(H,15,18)/b6-5+. The lowest BCUT2D eigenvalue weighted by molar-refractivity contribution is -0.117. The number of hydrazine groups is 1. The van der Waals surface area contributed by atoms with Crippen LogP contribution in [0.5, 0.6) is 0 Å². The minimum atomic E-state index is -0.887. The molecule has 0 spiro atoms. The normalized spacial score (nSPS) is 10.1. The van der Waals surface area contributed by atoms with Crippen molar-refractivity contribution in [1.29, 1.82) is 0 Å². The lowest BCUT2D eigenvalue weighted by atomic mass is 10.1. The van der Waals surface area contributed by atoms with Gasteiger partial charge < -0.3 is 5.32 Å². The quantitative estimate of drug-likeness (QED) is 0.168. The van der Waals surface area contributed by atoms with E-state index in [0.717, 1.165) is 0 Å². The minimum absolute atomic E-state index is 0.206. The Morgan fingerprint density at radius 1 is 1.28 bits per heavy atom. The topological polar surface area (TPSA) is 101 Å². The SMILES string of the molecule is CNC(=O)/C=C/c1cccc(C(=O)C(=O)NN)c1. The second-order valence-corrected chi connectivity index (χ2v) is 3.38. The molecule has 0 aliphatic rings. The average Bonchev–Trinajstić information content (AvgIpc) is 2.43. The zero-order valence-corrected chi connectivity index (χ0v) is 9.77. The predicted molar refractivity (Wildman–Crippen MR) is 66.2 cm³/mol. The maximum Gasteiger partial charge on any atom is 0.306 e. The van der Waals surface area contributed by atoms with Crippen molar-refractivity contribution in [1.82, 2.24) is 10.7 Å². The monoisotopic (exact) mass is 247 g/mol. The highest BCUT2D eigenvalue weighted by Gasteiger charge is 2.14. The first kappa shape index (κ1) is 13.6. The number of ketones is 1. The largest absolute Gasteiger partial charge is 0.356 e. The van der Waals surface area contributed by atoms with Crippen molar-refractivity contribution >= 4 is 23.7 Å². The highest BCUT2D eigenvalue weighted by Crippen LogP contribution is 2.08. The summed E-state index contributed by atoms with van der Waals surface area (Å²) >= 11 is 0. The number of rotatable bonds is 4. The molecule has 0 fully saturated rings. The van der Waals surface area contributed by atoms with Crippen LogP contribution in [0.3, 0.4) is 0 Å². The first-order valence-electron chi connectivity index (χ1n) is 5.13. The number of hydrogen-bond acceptors (Lipinski definition) is 4. The molecular formula is C12H13N3O3. The van der Waals surface area contributed by atoms with E-state index in [1.165, 1.54) is 31.3 Å². The van der Waals surface area contributed by atoms with Crippen LogP contribution < -0.4 is 16.6 Å². The number of carbonyl (C=O) groups excluding carboxylic acids is 3. The molecule has 0 atom stereocenters. The summed E-state index contributed by atoms with van der Waals surface area (Å²) in [5.41, 5.74) is 2.61. The summed E-state index contributed by atoms with van der Waals surface area (Å²) in [5, 5.41) is 2.43. The molecule has 18 heavy (non-hydrogen) atoms. The summed E-state index contributed by atoms with van der Waals surface area (Å²) in [6.45, 7) is 0. The summed E-state index contributed by atoms with van der Waals surface area (Å²) in [7, 11) is 1.51. The van der Waals surface area contributed by atoms with Gasteiger partial charge in [0.25, 0.3) is 5.78 Å². The number of hydrogen-bond donors (Lipinski definition) is 3. The summed E-state index contributed by atoms with van der Waals surface area (Å²) in [6, 6.07) is 6.31. The van der Waals surface area contributed by atoms with E-state index in [1.807, 2.05) is 0 Å². The molecule has 0 aliphatic heterocycles. The van der Waals surface area contributed by atoms with Crippen molar-refractivity contribution < 1.29 is 14.4 Å². The van der Waals surface area contributed by atoms with Crippen LogP contribution in [0.15, 0.2) is 30.3 Å². The fourth-order valence-electron chi connectivity index (χ4n) is 1.24. The lowest BCUT2D eigenvalue weighted by Crippen LogP contribution is -2.36. The molecule has 6 heteroatoms. The van der Waals surface area contributed by atoms with Gasteiger partial charge in [0.05, 0.1) is 0 Å². The van der Waals surface area contributed by atoms with Crippen LogP contribution in [0.4, 0.5) is 0 Å². The molecule has 0 heterocycles. The second-order valence-electron chi connectivity index (χ2n) is 3.38. The van der Waals surface area contributed by atoms with Gasteiger partial charge in [0.15, 0.2) is 0 Å². The van der Waals surface area contributed by atoms with Crippen LogP contribution in [0.25, 0.3) is 6.08 Å². The third-order valence-corrected chi connectivity index (χ3v) is 2.16. The molecule has 6 nitrogen and oxygen atoms in total. The van der Waals surface area contributed by atoms with Crippen molar-refractivity contribution in [3.05, 3.63) is 41.5 Å². The molecule has 0 aromatic heterocycles. The van der Waals surface area contributed by atoms with E-state index in [0.29, 0.717) is 5.56 Å². The van der Waals surface area contributed by atoms with Crippen molar-refractivity contribution in [2.75, 3.05) is 7.05 Å². The van der Waals surface area contributed by atoms with Crippen molar-refractivity contribution in [2.45, 2.75) is 0 Å². The second kappa shape index (κ2) is 6.31. The summed E-state index contributed by atoms with van der Waals surface area (Å²) in [4.78, 5) is 33.6. The van der Waals surface area contributed by atoms with Crippen LogP contribution in [0.2, 0.25) is 0 Å². The molecule has 0 saturated carbocycles. The van der Waals surface area contributed by atoms with Crippen LogP contribution in [-0.4, -0.2) is 24.6 Å². The molecule has 0 saturated heterocycles. The fourth-order valence-corrected chi connectivity index (χ4v) is 1.24. The number of nitrogens with one attached hydrogen (secondary N) is 2. The molecule has 94 valence electrons. The average molecular weight is 247 g/mol. The van der Waals surface area contributed by atoms with E-state index in [9.17, 15) is 14.4 Å². The molecule has 0 bridgehead atoms. The van der Waals surface area contributed by atoms with E-state index in [4.69, 9.17) is 5.84 Å². The highest BCUT2D eigenvalue weighted by molar-refractivity contribution is 6.42. The van der Waals surface area contributed by atoms with Gasteiger partial charge in [0.1, 0.15) is 0 Å². The van der Waals surface area contributed by atoms with Crippen molar-refractivity contribution in [3.8, 4) is 0 Å². The van der Waals surface area contributed by atoms with Gasteiger partial charge >= 0.3 is 5.91 Å². The zero-order valence-electron chi connectivity index (χ0n) is 9.77. The van der Waals surface area contributed by atoms with E-state index < -0.39 is 11.7 Å². The van der Waals surface area contributed by atoms with Gasteiger partial charge in [-0.2, -0.15) is 0 Å². The summed E-state index contributed by atoms with van der Waals surface area (Å²) in [6.07, 6.45) is 2.86. The molecule has 2 amide bonds. The maximum atomic E-state index is 11.5. The fraction of sp³-hybridized carbons (Fsp3) is 0.0833. The van der Waals surface area contributed by atoms with Crippen molar-refractivity contribution in [3.63, 3.8) is 0 Å². The molecule has 0 unspecified atom stereocenters. The molecular weight excluding hydrogens is 234 g/mol. The highest BCUT2D eigenvalue weighted by atomic mass is 16.2. The van der Waals surface area contributed by atoms with E-state index in [1.54, 1.807) is 17.6 Å². The Labute approximate surface area is 104 Å². The molecule has 0 aliphatic carbocycles. The minimum Gasteiger partial charge on any atom is -0.356 e. The molecule has 0 radical (unpaired) electrons. The van der Waals surface area contributed by atoms with Crippen LogP contribution >= 0.6 is 0 Å². The molecule has 1 aromatic carbocycles. The van der Waals surface area contributed by atoms with Gasteiger partial charge in [-0.25, -0.2) is 5.84 Å². The number of amides is 2. The van der Waals surface area contributed by atoms with Crippen molar-refractivity contribution in [2.24, 2.45) is 5.84 Å². The Balaban J connectivity index is 2.92. The first-order chi connectivity index (χ1) is 8.58. The Morgan fingerprint density at radius 3 is 2.61 bits per heavy atom. The Kier molecular flexibility index (Phi) is 4.77. The summed E-state index contributed by atoms with van der Waals surface area (Å²) < 4.78 is 0. The molecule has 1 rings (SSSR count). The lowest BCUT2D eigenvalue weighted by Gasteiger charge is -2.00. The van der Waals surface area contributed by atoms with Gasteiger partial charge in [-0.1, -0.05) is 18.2 Å². The van der Waals surface area contributed by atoms with Gasteiger partial charge in [-0.3, -0.25) is 19.8 Å². The number of Topliss-reactive ketones (excluding diaryl/α,β-unsaturated/α-hetero) is 1. The maximum absolute atomic E-state index is 11.5. The van der Waals surface area contributed by atoms with Crippen LogP contribution in [0, 0.1) is 0 Å². The third-order valence-electron chi connectivity index (χ3n) is 2.16. The Hall–Kier alpha value is -2.47. The van der Waals surface area contributed by atoms with Gasteiger partial charge in [0, 0.05) is 18.7 Å². The third kappa shape index (κ3) is 3.53. The molecule has 1 aromatic rings. The summed E-state index contributed by atoms with van der Waals surface area (Å²) in [5.74, 6) is 3.00. The Morgan fingerprint density at radius 2 is 2.00 bits per heavy atom. The van der Waals surface area contributed by atoms with E-state index >= 15 is 0 Å². The number of likely N-dealkylation sites (N-methyl/N-ethyl adjacent to an activating group) is 1. The molecule has 4 N–H and O–H groups in total. The zero-order chi connectivity index (χ0) is 13.5. The number of nitrogens with two attached hydrogens (primary N) is 1. The predicted octanol–water partition coefficient (Wildman–Crippen LogP) is -0.382. The smallest absolute Gasteiger partial charge is 0.306 e. The van der Waals surface area contributed by atoms with E-state index in [-0.39, 0.29) is 11.5 Å². The van der Waals surface area contributed by atoms with Gasteiger partial charge in [-0.05, 0) is 17.7 Å². The first-order valence-corrected chi connectivity index (χ1v) is 5.13. The van der Waals surface area contributed by atoms with E-state index in [2.05, 4.69) is 5.32 Å². The van der Waals surface area contributed by atoms with Crippen LogP contribution in [-0.2, 0) is 9.59 Å². The Bertz CT molecular complexity index is 509. The van der Waals surface area contributed by atoms with Crippen LogP contribution in [0.1, 0.15) is 15.9 Å².